The van der Waals surface area contributed by atoms with Crippen molar-refractivity contribution in [1.82, 2.24) is 10.2 Å². The molecule has 2 aromatic carbocycles. The highest BCUT2D eigenvalue weighted by Crippen LogP contribution is 2.35. The van der Waals surface area contributed by atoms with E-state index < -0.39 is 28.5 Å². The molecule has 0 saturated heterocycles. The molecular formula is C29H39N3O6S. The van der Waals surface area contributed by atoms with E-state index in [9.17, 15) is 18.0 Å². The van der Waals surface area contributed by atoms with Crippen LogP contribution in [0.25, 0.3) is 0 Å². The average molecular weight is 558 g/mol. The number of fused-ring (bicyclic) bond motifs is 1. The monoisotopic (exact) mass is 557 g/mol. The fraction of sp³-hybridized carbons (Fsp3) is 0.517. The van der Waals surface area contributed by atoms with Gasteiger partial charge in [0, 0.05) is 18.7 Å². The number of hydrogen-bond acceptors (Lipinski definition) is 6. The summed E-state index contributed by atoms with van der Waals surface area (Å²) in [5, 5.41) is 3.12. The quantitative estimate of drug-likeness (QED) is 0.453. The van der Waals surface area contributed by atoms with Gasteiger partial charge >= 0.3 is 0 Å². The molecule has 1 fully saturated rings. The second-order valence-corrected chi connectivity index (χ2v) is 12.3. The molecule has 1 atom stereocenters. The third-order valence-electron chi connectivity index (χ3n) is 7.40. The van der Waals surface area contributed by atoms with Gasteiger partial charge in [-0.15, -0.1) is 0 Å². The zero-order chi connectivity index (χ0) is 27.8. The van der Waals surface area contributed by atoms with Gasteiger partial charge < -0.3 is 19.7 Å². The SMILES string of the molecule is CCS(=O)(=O)N(CC(=O)N(CCc1ccccc1)[C@H](C)C(=O)NC1CCCCC1)c1ccc2c(c1)OCCO2. The summed E-state index contributed by atoms with van der Waals surface area (Å²) in [4.78, 5) is 28.6. The Balaban J connectivity index is 1.57. The van der Waals surface area contributed by atoms with Crippen molar-refractivity contribution in [3.63, 3.8) is 0 Å². The maximum Gasteiger partial charge on any atom is 0.244 e. The molecule has 1 heterocycles. The molecule has 10 heteroatoms. The van der Waals surface area contributed by atoms with Crippen LogP contribution in [0.2, 0.25) is 0 Å². The van der Waals surface area contributed by atoms with Crippen LogP contribution in [0.15, 0.2) is 48.5 Å². The second-order valence-electron chi connectivity index (χ2n) is 10.1. The number of rotatable bonds is 11. The van der Waals surface area contributed by atoms with Crippen LogP contribution in [-0.4, -0.2) is 69.3 Å². The van der Waals surface area contributed by atoms with Gasteiger partial charge in [-0.1, -0.05) is 49.6 Å². The number of nitrogens with one attached hydrogen (secondary N) is 1. The lowest BCUT2D eigenvalue weighted by atomic mass is 9.95. The van der Waals surface area contributed by atoms with Crippen LogP contribution in [0.5, 0.6) is 11.5 Å². The summed E-state index contributed by atoms with van der Waals surface area (Å²) in [6.07, 6.45) is 5.74. The fourth-order valence-corrected chi connectivity index (χ4v) is 6.10. The molecule has 1 N–H and O–H groups in total. The molecule has 9 nitrogen and oxygen atoms in total. The Morgan fingerprint density at radius 1 is 1.00 bits per heavy atom. The number of nitrogens with zero attached hydrogens (tertiary/aromatic N) is 2. The first-order valence-corrected chi connectivity index (χ1v) is 15.4. The van der Waals surface area contributed by atoms with Crippen LogP contribution in [0.1, 0.15) is 51.5 Å². The number of benzene rings is 2. The highest BCUT2D eigenvalue weighted by Gasteiger charge is 2.32. The Bertz CT molecular complexity index is 1230. The van der Waals surface area contributed by atoms with Crippen molar-refractivity contribution in [2.45, 2.75) is 64.5 Å². The zero-order valence-corrected chi connectivity index (χ0v) is 23.6. The number of sulfonamides is 1. The van der Waals surface area contributed by atoms with Crippen molar-refractivity contribution in [3.8, 4) is 11.5 Å². The molecule has 0 spiro atoms. The van der Waals surface area contributed by atoms with Gasteiger partial charge in [-0.2, -0.15) is 0 Å². The van der Waals surface area contributed by atoms with E-state index in [0.29, 0.717) is 36.8 Å². The first-order chi connectivity index (χ1) is 18.8. The van der Waals surface area contributed by atoms with Gasteiger partial charge in [0.05, 0.1) is 11.4 Å². The van der Waals surface area contributed by atoms with Crippen molar-refractivity contribution in [1.29, 1.82) is 0 Å². The Labute approximate surface area is 231 Å². The minimum atomic E-state index is -3.82. The van der Waals surface area contributed by atoms with Crippen molar-refractivity contribution < 1.29 is 27.5 Å². The fourth-order valence-electron chi connectivity index (χ4n) is 5.05. The van der Waals surface area contributed by atoms with Crippen LogP contribution < -0.4 is 19.1 Å². The molecule has 212 valence electrons. The highest BCUT2D eigenvalue weighted by molar-refractivity contribution is 7.92. The first kappa shape index (κ1) is 28.7. The van der Waals surface area contributed by atoms with Crippen LogP contribution in [0.4, 0.5) is 5.69 Å². The van der Waals surface area contributed by atoms with Crippen molar-refractivity contribution >= 4 is 27.5 Å². The van der Waals surface area contributed by atoms with Gasteiger partial charge in [0.1, 0.15) is 25.8 Å². The van der Waals surface area contributed by atoms with E-state index in [2.05, 4.69) is 5.32 Å². The van der Waals surface area contributed by atoms with Gasteiger partial charge in [-0.3, -0.25) is 13.9 Å². The van der Waals surface area contributed by atoms with Gasteiger partial charge in [0.2, 0.25) is 21.8 Å². The van der Waals surface area contributed by atoms with E-state index in [1.807, 2.05) is 30.3 Å². The Morgan fingerprint density at radius 3 is 2.38 bits per heavy atom. The van der Waals surface area contributed by atoms with Crippen LogP contribution in [-0.2, 0) is 26.0 Å². The van der Waals surface area contributed by atoms with Crippen molar-refractivity contribution in [3.05, 3.63) is 54.1 Å². The Morgan fingerprint density at radius 2 is 1.69 bits per heavy atom. The van der Waals surface area contributed by atoms with E-state index in [1.54, 1.807) is 25.1 Å². The zero-order valence-electron chi connectivity index (χ0n) is 22.8. The molecule has 1 saturated carbocycles. The molecule has 4 rings (SSSR count). The molecule has 2 amide bonds. The highest BCUT2D eigenvalue weighted by atomic mass is 32.2. The maximum absolute atomic E-state index is 13.8. The summed E-state index contributed by atoms with van der Waals surface area (Å²) >= 11 is 0. The molecule has 1 aliphatic heterocycles. The van der Waals surface area contributed by atoms with E-state index in [-0.39, 0.29) is 24.2 Å². The largest absolute Gasteiger partial charge is 0.486 e. The maximum atomic E-state index is 13.8. The van der Waals surface area contributed by atoms with Gasteiger partial charge in [-0.25, -0.2) is 8.42 Å². The Kier molecular flexibility index (Phi) is 9.72. The number of carbonyl (C=O) groups is 2. The van der Waals surface area contributed by atoms with Gasteiger partial charge in [-0.05, 0) is 50.8 Å². The second kappa shape index (κ2) is 13.2. The van der Waals surface area contributed by atoms with E-state index in [1.165, 1.54) is 18.2 Å². The Hall–Kier alpha value is -3.27. The molecule has 39 heavy (non-hydrogen) atoms. The van der Waals surface area contributed by atoms with E-state index in [4.69, 9.17) is 9.47 Å². The predicted octanol–water partition coefficient (Wildman–Crippen LogP) is 3.52. The number of amides is 2. The van der Waals surface area contributed by atoms with Crippen LogP contribution in [0.3, 0.4) is 0 Å². The third-order valence-corrected chi connectivity index (χ3v) is 9.14. The van der Waals surface area contributed by atoms with Crippen molar-refractivity contribution in [2.75, 3.05) is 36.4 Å². The smallest absolute Gasteiger partial charge is 0.244 e. The number of anilines is 1. The standard InChI is InChI=1S/C29H39N3O6S/c1-3-39(35,36)32(25-14-15-26-27(20-25)38-19-18-37-26)21-28(33)31(17-16-23-10-6-4-7-11-23)22(2)29(34)30-24-12-8-5-9-13-24/h4,6-7,10-11,14-15,20,22,24H,3,5,8-9,12-13,16-19,21H2,1-2H3,(H,30,34)/t22-/m1/s1. The summed E-state index contributed by atoms with van der Waals surface area (Å²) in [5.74, 6) is 0.124. The molecule has 0 unspecified atom stereocenters. The van der Waals surface area contributed by atoms with E-state index in [0.717, 1.165) is 35.6 Å². The van der Waals surface area contributed by atoms with Gasteiger partial charge in [0.25, 0.3) is 0 Å². The molecule has 1 aliphatic carbocycles. The predicted molar refractivity (Wildman–Crippen MR) is 151 cm³/mol. The van der Waals surface area contributed by atoms with Crippen molar-refractivity contribution in [2.24, 2.45) is 0 Å². The summed E-state index contributed by atoms with van der Waals surface area (Å²) in [6.45, 7) is 3.88. The van der Waals surface area contributed by atoms with Crippen LogP contribution >= 0.6 is 0 Å². The molecule has 0 radical (unpaired) electrons. The molecule has 2 aliphatic rings. The summed E-state index contributed by atoms with van der Waals surface area (Å²) in [6, 6.07) is 13.9. The lowest BCUT2D eigenvalue weighted by molar-refractivity contribution is -0.139. The number of hydrogen-bond donors (Lipinski definition) is 1. The molecular weight excluding hydrogens is 518 g/mol. The molecule has 0 bridgehead atoms. The minimum absolute atomic E-state index is 0.106. The lowest BCUT2D eigenvalue weighted by Gasteiger charge is -2.33. The average Bonchev–Trinajstić information content (AvgIpc) is 2.96. The normalized spacial score (nSPS) is 16.3. The van der Waals surface area contributed by atoms with Gasteiger partial charge in [0.15, 0.2) is 11.5 Å². The summed E-state index contributed by atoms with van der Waals surface area (Å²) < 4.78 is 38.7. The summed E-state index contributed by atoms with van der Waals surface area (Å²) in [7, 11) is -3.82. The molecule has 2 aromatic rings. The van der Waals surface area contributed by atoms with Crippen LogP contribution in [0, 0.1) is 0 Å². The number of carbonyl (C=O) groups excluding carboxylic acids is 2. The topological polar surface area (TPSA) is 105 Å². The lowest BCUT2D eigenvalue weighted by Crippen LogP contribution is -2.54. The number of ether oxygens (including phenoxy) is 2. The van der Waals surface area contributed by atoms with E-state index >= 15 is 0 Å². The molecule has 0 aromatic heterocycles. The third kappa shape index (κ3) is 7.44. The first-order valence-electron chi connectivity index (χ1n) is 13.8. The minimum Gasteiger partial charge on any atom is -0.486 e. The summed E-state index contributed by atoms with van der Waals surface area (Å²) in [5.41, 5.74) is 1.34.